The van der Waals surface area contributed by atoms with Crippen LogP contribution in [0, 0.1) is 0 Å². The van der Waals surface area contributed by atoms with Crippen molar-refractivity contribution in [3.8, 4) is 17.2 Å². The van der Waals surface area contributed by atoms with Crippen LogP contribution < -0.4 is 19.5 Å². The molecular weight excluding hydrogens is 362 g/mol. The van der Waals surface area contributed by atoms with E-state index in [-0.39, 0.29) is 6.10 Å². The second-order valence-corrected chi connectivity index (χ2v) is 7.28. The van der Waals surface area contributed by atoms with Crippen molar-refractivity contribution in [3.63, 3.8) is 0 Å². The summed E-state index contributed by atoms with van der Waals surface area (Å²) < 4.78 is 17.8. The first kappa shape index (κ1) is 19.3. The highest BCUT2D eigenvalue weighted by Gasteiger charge is 2.22. The number of fused-ring (bicyclic) bond motifs is 1. The van der Waals surface area contributed by atoms with Crippen LogP contribution in [0.15, 0.2) is 72.8 Å². The molecule has 0 spiro atoms. The van der Waals surface area contributed by atoms with E-state index in [2.05, 4.69) is 41.7 Å². The van der Waals surface area contributed by atoms with E-state index in [9.17, 15) is 0 Å². The van der Waals surface area contributed by atoms with Crippen LogP contribution in [0.25, 0.3) is 0 Å². The van der Waals surface area contributed by atoms with Gasteiger partial charge in [-0.3, -0.25) is 0 Å². The summed E-state index contributed by atoms with van der Waals surface area (Å²) in [6.45, 7) is 2.17. The average molecular weight is 389 g/mol. The Balaban J connectivity index is 1.38. The highest BCUT2D eigenvalue weighted by Crippen LogP contribution is 2.38. The summed E-state index contributed by atoms with van der Waals surface area (Å²) in [7, 11) is 1.68. The molecule has 0 radical (unpaired) electrons. The van der Waals surface area contributed by atoms with Gasteiger partial charge in [0.15, 0.2) is 11.5 Å². The topological polar surface area (TPSA) is 39.7 Å². The molecule has 0 fully saturated rings. The zero-order chi connectivity index (χ0) is 19.9. The second-order valence-electron chi connectivity index (χ2n) is 7.28. The van der Waals surface area contributed by atoms with Gasteiger partial charge in [-0.15, -0.1) is 0 Å². The minimum atomic E-state index is 0.154. The van der Waals surface area contributed by atoms with Crippen LogP contribution >= 0.6 is 0 Å². The molecule has 4 heteroatoms. The molecule has 1 N–H and O–H groups in total. The van der Waals surface area contributed by atoms with Gasteiger partial charge in [0.05, 0.1) is 7.11 Å². The van der Waals surface area contributed by atoms with Crippen LogP contribution in [0.4, 0.5) is 0 Å². The molecule has 3 aromatic rings. The van der Waals surface area contributed by atoms with Crippen LogP contribution in [0.3, 0.4) is 0 Å². The molecule has 0 aliphatic carbocycles. The van der Waals surface area contributed by atoms with Crippen molar-refractivity contribution in [2.45, 2.75) is 32.1 Å². The van der Waals surface area contributed by atoms with Gasteiger partial charge >= 0.3 is 0 Å². The lowest BCUT2D eigenvalue weighted by molar-refractivity contribution is 0.168. The molecule has 0 aromatic heterocycles. The van der Waals surface area contributed by atoms with Crippen molar-refractivity contribution in [2.75, 3.05) is 13.7 Å². The van der Waals surface area contributed by atoms with Crippen LogP contribution in [0.2, 0.25) is 0 Å². The Morgan fingerprint density at radius 2 is 1.66 bits per heavy atom. The van der Waals surface area contributed by atoms with E-state index in [4.69, 9.17) is 14.2 Å². The molecule has 4 rings (SSSR count). The first-order valence-electron chi connectivity index (χ1n) is 10.1. The van der Waals surface area contributed by atoms with E-state index in [1.165, 1.54) is 11.1 Å². The number of hydrogen-bond donors (Lipinski definition) is 1. The Morgan fingerprint density at radius 1 is 0.931 bits per heavy atom. The van der Waals surface area contributed by atoms with Gasteiger partial charge < -0.3 is 19.5 Å². The highest BCUT2D eigenvalue weighted by atomic mass is 16.5. The minimum Gasteiger partial charge on any atom is -0.493 e. The zero-order valence-electron chi connectivity index (χ0n) is 16.8. The third-order valence-electron chi connectivity index (χ3n) is 5.16. The van der Waals surface area contributed by atoms with E-state index >= 15 is 0 Å². The van der Waals surface area contributed by atoms with E-state index in [1.807, 2.05) is 36.4 Å². The fourth-order valence-corrected chi connectivity index (χ4v) is 3.57. The maximum absolute atomic E-state index is 6.26. The summed E-state index contributed by atoms with van der Waals surface area (Å²) in [6, 6.07) is 24.6. The third kappa shape index (κ3) is 5.09. The van der Waals surface area contributed by atoms with Gasteiger partial charge in [0, 0.05) is 19.2 Å². The van der Waals surface area contributed by atoms with Crippen molar-refractivity contribution in [2.24, 2.45) is 0 Å². The molecule has 0 bridgehead atoms. The number of rotatable bonds is 8. The van der Waals surface area contributed by atoms with Crippen LogP contribution in [-0.4, -0.2) is 19.8 Å². The van der Waals surface area contributed by atoms with Crippen molar-refractivity contribution >= 4 is 0 Å². The molecule has 1 aliphatic heterocycles. The lowest BCUT2D eigenvalue weighted by Gasteiger charge is -2.27. The van der Waals surface area contributed by atoms with E-state index in [1.54, 1.807) is 7.11 Å². The van der Waals surface area contributed by atoms with E-state index < -0.39 is 0 Å². The van der Waals surface area contributed by atoms with Gasteiger partial charge in [-0.25, -0.2) is 0 Å². The standard InChI is InChI=1S/C25H27NO3/c1-27-24-14-21-12-13-22(17-26-16-19-8-4-2-5-9-19)29-23(21)15-25(24)28-18-20-10-6-3-7-11-20/h2-11,14-15,22,26H,12-13,16-18H2,1H3/t22-/m1/s1. The average Bonchev–Trinajstić information content (AvgIpc) is 2.78. The minimum absolute atomic E-state index is 0.154. The maximum atomic E-state index is 6.26. The van der Waals surface area contributed by atoms with Crippen molar-refractivity contribution in [1.29, 1.82) is 0 Å². The van der Waals surface area contributed by atoms with Crippen LogP contribution in [0.5, 0.6) is 17.2 Å². The van der Waals surface area contributed by atoms with Gasteiger partial charge in [-0.05, 0) is 35.6 Å². The molecule has 0 amide bonds. The molecule has 3 aromatic carbocycles. The summed E-state index contributed by atoms with van der Waals surface area (Å²) in [5.74, 6) is 2.36. The summed E-state index contributed by atoms with van der Waals surface area (Å²) >= 11 is 0. The molecule has 4 nitrogen and oxygen atoms in total. The summed E-state index contributed by atoms with van der Waals surface area (Å²) in [5.41, 5.74) is 3.58. The number of nitrogens with one attached hydrogen (secondary N) is 1. The normalized spacial score (nSPS) is 15.3. The van der Waals surface area contributed by atoms with Crippen LogP contribution in [0.1, 0.15) is 23.1 Å². The lowest BCUT2D eigenvalue weighted by Crippen LogP contribution is -2.34. The fourth-order valence-electron chi connectivity index (χ4n) is 3.57. The number of benzene rings is 3. The quantitative estimate of drug-likeness (QED) is 0.603. The first-order chi connectivity index (χ1) is 14.3. The van der Waals surface area contributed by atoms with E-state index in [0.717, 1.165) is 43.0 Å². The van der Waals surface area contributed by atoms with E-state index in [0.29, 0.717) is 12.4 Å². The molecule has 1 atom stereocenters. The Labute approximate surface area is 172 Å². The van der Waals surface area contributed by atoms with Gasteiger partial charge in [-0.2, -0.15) is 0 Å². The highest BCUT2D eigenvalue weighted by molar-refractivity contribution is 5.51. The molecule has 1 aliphatic rings. The number of ether oxygens (including phenoxy) is 3. The van der Waals surface area contributed by atoms with Crippen molar-refractivity contribution < 1.29 is 14.2 Å². The number of aryl methyl sites for hydroxylation is 1. The molecule has 0 saturated carbocycles. The smallest absolute Gasteiger partial charge is 0.165 e. The maximum Gasteiger partial charge on any atom is 0.165 e. The Kier molecular flexibility index (Phi) is 6.32. The Bertz CT molecular complexity index is 912. The summed E-state index contributed by atoms with van der Waals surface area (Å²) in [6.07, 6.45) is 2.12. The van der Waals surface area contributed by atoms with Crippen molar-refractivity contribution in [1.82, 2.24) is 5.32 Å². The van der Waals surface area contributed by atoms with Gasteiger partial charge in [-0.1, -0.05) is 60.7 Å². The predicted molar refractivity (Wildman–Crippen MR) is 115 cm³/mol. The van der Waals surface area contributed by atoms with Gasteiger partial charge in [0.25, 0.3) is 0 Å². The van der Waals surface area contributed by atoms with Crippen molar-refractivity contribution in [3.05, 3.63) is 89.5 Å². The molecule has 0 saturated heterocycles. The number of methoxy groups -OCH3 is 1. The van der Waals surface area contributed by atoms with Gasteiger partial charge in [0.2, 0.25) is 0 Å². The first-order valence-corrected chi connectivity index (χ1v) is 10.1. The summed E-state index contributed by atoms with van der Waals surface area (Å²) in [5, 5.41) is 3.51. The molecular formula is C25H27NO3. The van der Waals surface area contributed by atoms with Gasteiger partial charge in [0.1, 0.15) is 18.5 Å². The van der Waals surface area contributed by atoms with Crippen LogP contribution in [-0.2, 0) is 19.6 Å². The molecule has 1 heterocycles. The lowest BCUT2D eigenvalue weighted by atomic mass is 10.0. The SMILES string of the molecule is COc1cc2c(cc1OCc1ccccc1)O[C@@H](CNCc1ccccc1)CC2. The largest absolute Gasteiger partial charge is 0.493 e. The molecule has 29 heavy (non-hydrogen) atoms. The third-order valence-corrected chi connectivity index (χ3v) is 5.16. The molecule has 0 unspecified atom stereocenters. The fraction of sp³-hybridized carbons (Fsp3) is 0.280. The Morgan fingerprint density at radius 3 is 2.38 bits per heavy atom. The molecule has 150 valence electrons. The second kappa shape index (κ2) is 9.48. The zero-order valence-corrected chi connectivity index (χ0v) is 16.8. The monoisotopic (exact) mass is 389 g/mol. The number of hydrogen-bond acceptors (Lipinski definition) is 4. The Hall–Kier alpha value is -2.98. The predicted octanol–water partition coefficient (Wildman–Crippen LogP) is 4.76. The summed E-state index contributed by atoms with van der Waals surface area (Å²) in [4.78, 5) is 0.